The zero-order valence-corrected chi connectivity index (χ0v) is 17.8. The van der Waals surface area contributed by atoms with Crippen molar-refractivity contribution in [2.24, 2.45) is 0 Å². The van der Waals surface area contributed by atoms with Gasteiger partial charge in [0.25, 0.3) is 0 Å². The number of fused-ring (bicyclic) bond motifs is 2. The number of ether oxygens (including phenoxy) is 8. The van der Waals surface area contributed by atoms with E-state index in [1.165, 1.54) is 0 Å². The summed E-state index contributed by atoms with van der Waals surface area (Å²) in [5.74, 6) is -0.448. The smallest absolute Gasteiger partial charge is 0.161 e. The molecule has 8 nitrogen and oxygen atoms in total. The van der Waals surface area contributed by atoms with Gasteiger partial charge in [0, 0.05) is 0 Å². The molecule has 1 heterocycles. The lowest BCUT2D eigenvalue weighted by Crippen LogP contribution is -2.15. The molecule has 2 aromatic carbocycles. The molecule has 0 amide bonds. The molecule has 8 heteroatoms. The minimum Gasteiger partial charge on any atom is -0.487 e. The van der Waals surface area contributed by atoms with Gasteiger partial charge in [-0.3, -0.25) is 0 Å². The summed E-state index contributed by atoms with van der Waals surface area (Å²) in [6, 6.07) is -3.18. The molecule has 176 valence electrons. The van der Waals surface area contributed by atoms with Gasteiger partial charge in [-0.15, -0.1) is 0 Å². The summed E-state index contributed by atoms with van der Waals surface area (Å²) in [6.45, 7) is 1.29. The predicted molar refractivity (Wildman–Crippen MR) is 118 cm³/mol. The van der Waals surface area contributed by atoms with Gasteiger partial charge in [0.1, 0.15) is 26.4 Å². The molecule has 3 rings (SSSR count). The molecule has 0 atom stereocenters. The standard InChI is InChI=1S/C24H32O8/c1-2-6-22-21(5-1)29-17-13-25-9-10-27-15-19-31-23-7-3-4-8-24(23)32-20-16-28-12-11-26-14-18-30-22/h1-8H,9-20H2/i1D,2D,3D,4D,5D,6D,7D,8D. The lowest BCUT2D eigenvalue weighted by atomic mass is 10.3. The largest absolute Gasteiger partial charge is 0.487 e. The Bertz CT molecular complexity index is 964. The van der Waals surface area contributed by atoms with Crippen molar-refractivity contribution in [2.45, 2.75) is 0 Å². The lowest BCUT2D eigenvalue weighted by Gasteiger charge is -2.14. The third-order valence-corrected chi connectivity index (χ3v) is 3.88. The fourth-order valence-corrected chi connectivity index (χ4v) is 2.44. The van der Waals surface area contributed by atoms with Gasteiger partial charge in [0.2, 0.25) is 0 Å². The Morgan fingerprint density at radius 1 is 0.375 bits per heavy atom. The van der Waals surface area contributed by atoms with E-state index in [2.05, 4.69) is 0 Å². The van der Waals surface area contributed by atoms with Crippen LogP contribution in [0.2, 0.25) is 0 Å². The molecule has 0 radical (unpaired) electrons. The van der Waals surface area contributed by atoms with E-state index >= 15 is 0 Å². The third-order valence-electron chi connectivity index (χ3n) is 3.88. The van der Waals surface area contributed by atoms with Gasteiger partial charge >= 0.3 is 0 Å². The summed E-state index contributed by atoms with van der Waals surface area (Å²) < 4.78 is 108. The van der Waals surface area contributed by atoms with Gasteiger partial charge in [-0.05, 0) is 24.2 Å². The van der Waals surface area contributed by atoms with E-state index in [1.807, 2.05) is 0 Å². The Morgan fingerprint density at radius 2 is 0.594 bits per heavy atom. The molecule has 0 fully saturated rings. The van der Waals surface area contributed by atoms with Gasteiger partial charge in [0.05, 0.1) is 63.8 Å². The number of hydrogen-bond donors (Lipinski definition) is 0. The second kappa shape index (κ2) is 15.3. The maximum absolute atomic E-state index is 8.14. The van der Waals surface area contributed by atoms with Crippen LogP contribution in [-0.2, 0) is 18.9 Å². The highest BCUT2D eigenvalue weighted by Gasteiger charge is 2.06. The van der Waals surface area contributed by atoms with Crippen LogP contribution in [-0.4, -0.2) is 79.3 Å². The Kier molecular flexibility index (Phi) is 7.34. The first kappa shape index (κ1) is 15.3. The maximum atomic E-state index is 8.14. The van der Waals surface area contributed by atoms with Crippen molar-refractivity contribution in [1.29, 1.82) is 0 Å². The molecule has 0 aromatic heterocycles. The SMILES string of the molecule is [2H]c1c([2H])c([2H])c2c(c1[2H])OCCOCCOCCOc1c([2H])c([2H])c([2H])c([2H])c1OCCOCCOCCO2. The molecular weight excluding hydrogens is 416 g/mol. The molecule has 0 bridgehead atoms. The zero-order valence-electron chi connectivity index (χ0n) is 25.8. The van der Waals surface area contributed by atoms with Crippen LogP contribution < -0.4 is 18.9 Å². The van der Waals surface area contributed by atoms with Crippen LogP contribution in [0.15, 0.2) is 48.3 Å². The first-order valence-corrected chi connectivity index (χ1v) is 10.3. The molecule has 1 aliphatic heterocycles. The molecule has 2 aromatic rings. The summed E-state index contributed by atoms with van der Waals surface area (Å²) in [4.78, 5) is 0. The molecule has 32 heavy (non-hydrogen) atoms. The van der Waals surface area contributed by atoms with Crippen molar-refractivity contribution >= 4 is 0 Å². The quantitative estimate of drug-likeness (QED) is 0.599. The van der Waals surface area contributed by atoms with Gasteiger partial charge < -0.3 is 37.9 Å². The highest BCUT2D eigenvalue weighted by Crippen LogP contribution is 2.27. The summed E-state index contributed by atoms with van der Waals surface area (Å²) in [5.41, 5.74) is 0. The number of para-hydroxylation sites is 4. The van der Waals surface area contributed by atoms with Crippen molar-refractivity contribution < 1.29 is 48.9 Å². The monoisotopic (exact) mass is 456 g/mol. The van der Waals surface area contributed by atoms with Crippen LogP contribution in [0.25, 0.3) is 0 Å². The topological polar surface area (TPSA) is 73.8 Å². The van der Waals surface area contributed by atoms with Gasteiger partial charge in [0.15, 0.2) is 23.0 Å². The van der Waals surface area contributed by atoms with Crippen LogP contribution in [0.3, 0.4) is 0 Å². The highest BCUT2D eigenvalue weighted by atomic mass is 16.6. The van der Waals surface area contributed by atoms with E-state index in [0.29, 0.717) is 0 Å². The fraction of sp³-hybridized carbons (Fsp3) is 0.500. The van der Waals surface area contributed by atoms with Crippen molar-refractivity contribution in [3.63, 3.8) is 0 Å². The van der Waals surface area contributed by atoms with Crippen LogP contribution >= 0.6 is 0 Å². The van der Waals surface area contributed by atoms with Crippen LogP contribution in [0.1, 0.15) is 11.0 Å². The number of rotatable bonds is 0. The molecule has 0 saturated carbocycles. The van der Waals surface area contributed by atoms with E-state index in [0.717, 1.165) is 0 Å². The average Bonchev–Trinajstić information content (AvgIpc) is 2.95. The average molecular weight is 457 g/mol. The van der Waals surface area contributed by atoms with Crippen LogP contribution in [0.5, 0.6) is 23.0 Å². The summed E-state index contributed by atoms with van der Waals surface area (Å²) in [6.07, 6.45) is 0. The molecule has 0 N–H and O–H groups in total. The molecular formula is C24H32O8. The van der Waals surface area contributed by atoms with Gasteiger partial charge in [-0.25, -0.2) is 0 Å². The number of benzene rings is 2. The third kappa shape index (κ3) is 9.32. The van der Waals surface area contributed by atoms with Crippen LogP contribution in [0.4, 0.5) is 0 Å². The van der Waals surface area contributed by atoms with Crippen LogP contribution in [0, 0.1) is 0 Å². The van der Waals surface area contributed by atoms with Crippen molar-refractivity contribution in [3.05, 3.63) is 48.3 Å². The maximum Gasteiger partial charge on any atom is 0.161 e. The Labute approximate surface area is 200 Å². The van der Waals surface area contributed by atoms with E-state index < -0.39 is 24.2 Å². The summed E-state index contributed by atoms with van der Waals surface area (Å²) in [7, 11) is 0. The molecule has 0 spiro atoms. The number of hydrogen-bond acceptors (Lipinski definition) is 8. The van der Waals surface area contributed by atoms with Crippen molar-refractivity contribution in [1.82, 2.24) is 0 Å². The van der Waals surface area contributed by atoms with E-state index in [9.17, 15) is 0 Å². The Balaban J connectivity index is 1.63. The van der Waals surface area contributed by atoms with Crippen molar-refractivity contribution in [2.75, 3.05) is 79.3 Å². The molecule has 0 saturated heterocycles. The minimum atomic E-state index is -0.437. The molecule has 0 aliphatic carbocycles. The molecule has 0 unspecified atom stereocenters. The lowest BCUT2D eigenvalue weighted by molar-refractivity contribution is 0.0223. The van der Waals surface area contributed by atoms with E-state index in [4.69, 9.17) is 48.9 Å². The minimum absolute atomic E-state index is 0.00137. The molecule has 1 aliphatic rings. The first-order chi connectivity index (χ1) is 19.3. The Morgan fingerprint density at radius 3 is 0.844 bits per heavy atom. The second-order valence-electron chi connectivity index (χ2n) is 6.16. The van der Waals surface area contributed by atoms with Gasteiger partial charge in [-0.1, -0.05) is 24.2 Å². The second-order valence-corrected chi connectivity index (χ2v) is 6.16. The van der Waals surface area contributed by atoms with Crippen molar-refractivity contribution in [3.8, 4) is 23.0 Å². The Hall–Kier alpha value is -2.52. The normalized spacial score (nSPS) is 21.8. The summed E-state index contributed by atoms with van der Waals surface area (Å²) >= 11 is 0. The van der Waals surface area contributed by atoms with Gasteiger partial charge in [-0.2, -0.15) is 0 Å². The summed E-state index contributed by atoms with van der Waals surface area (Å²) in [5, 5.41) is 0. The van der Waals surface area contributed by atoms with E-state index in [-0.39, 0.29) is 126 Å². The zero-order chi connectivity index (χ0) is 29.1. The predicted octanol–water partition coefficient (Wildman–Crippen LogP) is 2.98. The fourth-order valence-electron chi connectivity index (χ4n) is 2.44. The first-order valence-electron chi connectivity index (χ1n) is 14.3. The van der Waals surface area contributed by atoms with E-state index in [1.54, 1.807) is 0 Å². The highest BCUT2D eigenvalue weighted by molar-refractivity contribution is 5.40.